The molecule has 0 radical (unpaired) electrons. The van der Waals surface area contributed by atoms with Gasteiger partial charge in [-0.25, -0.2) is 9.98 Å². The standard InChI is InChI=1S/C22H34N4O2S/c1-6-23-22(25-14-18-15-29-21(26-18)16(3)4)24-12-8-9-17-10-11-19(27-5)20(13-17)28-7-2/h10-11,13,15-16H,6-9,12,14H2,1-5H3,(H2,23,24,25). The molecular formula is C22H34N4O2S. The molecule has 2 aromatic rings. The van der Waals surface area contributed by atoms with Crippen molar-refractivity contribution in [2.45, 2.75) is 53.0 Å². The summed E-state index contributed by atoms with van der Waals surface area (Å²) in [6, 6.07) is 6.13. The molecule has 29 heavy (non-hydrogen) atoms. The van der Waals surface area contributed by atoms with Crippen molar-refractivity contribution in [1.82, 2.24) is 15.6 Å². The SMILES string of the molecule is CCNC(=NCc1csc(C(C)C)n1)NCCCc1ccc(OC)c(OCC)c1. The topological polar surface area (TPSA) is 67.8 Å². The highest BCUT2D eigenvalue weighted by atomic mass is 32.1. The Bertz CT molecular complexity index is 774. The van der Waals surface area contributed by atoms with Crippen molar-refractivity contribution < 1.29 is 9.47 Å². The normalized spacial score (nSPS) is 11.6. The molecule has 0 atom stereocenters. The first-order valence-corrected chi connectivity index (χ1v) is 11.2. The first-order chi connectivity index (χ1) is 14.1. The molecule has 0 fully saturated rings. The van der Waals surface area contributed by atoms with Crippen LogP contribution in [0.2, 0.25) is 0 Å². The van der Waals surface area contributed by atoms with E-state index in [9.17, 15) is 0 Å². The first-order valence-electron chi connectivity index (χ1n) is 10.3. The van der Waals surface area contributed by atoms with E-state index in [1.807, 2.05) is 13.0 Å². The monoisotopic (exact) mass is 418 g/mol. The van der Waals surface area contributed by atoms with E-state index in [4.69, 9.17) is 9.47 Å². The third kappa shape index (κ3) is 7.57. The van der Waals surface area contributed by atoms with Crippen LogP contribution in [0, 0.1) is 0 Å². The van der Waals surface area contributed by atoms with Crippen LogP contribution in [0.1, 0.15) is 56.3 Å². The van der Waals surface area contributed by atoms with Crippen molar-refractivity contribution in [3.05, 3.63) is 39.8 Å². The van der Waals surface area contributed by atoms with Crippen LogP contribution in [0.25, 0.3) is 0 Å². The van der Waals surface area contributed by atoms with E-state index in [-0.39, 0.29) is 0 Å². The van der Waals surface area contributed by atoms with Gasteiger partial charge < -0.3 is 20.1 Å². The Labute approximate surface area is 178 Å². The lowest BCUT2D eigenvalue weighted by Crippen LogP contribution is -2.37. The van der Waals surface area contributed by atoms with Gasteiger partial charge in [0.25, 0.3) is 0 Å². The number of aliphatic imine (C=N–C) groups is 1. The Morgan fingerprint density at radius 2 is 2.03 bits per heavy atom. The second-order valence-electron chi connectivity index (χ2n) is 6.98. The highest BCUT2D eigenvalue weighted by Crippen LogP contribution is 2.28. The molecule has 0 spiro atoms. The van der Waals surface area contributed by atoms with Crippen molar-refractivity contribution >= 4 is 17.3 Å². The van der Waals surface area contributed by atoms with E-state index in [1.165, 1.54) is 10.6 Å². The number of benzene rings is 1. The number of aromatic nitrogens is 1. The van der Waals surface area contributed by atoms with Gasteiger partial charge in [-0.2, -0.15) is 0 Å². The molecule has 0 amide bonds. The van der Waals surface area contributed by atoms with Crippen LogP contribution in [0.4, 0.5) is 0 Å². The van der Waals surface area contributed by atoms with Crippen molar-refractivity contribution in [2.75, 3.05) is 26.8 Å². The van der Waals surface area contributed by atoms with Crippen LogP contribution in [0.3, 0.4) is 0 Å². The van der Waals surface area contributed by atoms with Gasteiger partial charge in [0.1, 0.15) is 0 Å². The van der Waals surface area contributed by atoms with Crippen molar-refractivity contribution in [2.24, 2.45) is 4.99 Å². The van der Waals surface area contributed by atoms with Crippen molar-refractivity contribution in [3.8, 4) is 11.5 Å². The molecule has 160 valence electrons. The van der Waals surface area contributed by atoms with Gasteiger partial charge in [0.15, 0.2) is 17.5 Å². The second-order valence-corrected chi connectivity index (χ2v) is 7.87. The zero-order valence-corrected chi connectivity index (χ0v) is 19.1. The Morgan fingerprint density at radius 1 is 1.21 bits per heavy atom. The zero-order valence-electron chi connectivity index (χ0n) is 18.2. The van der Waals surface area contributed by atoms with E-state index < -0.39 is 0 Å². The van der Waals surface area contributed by atoms with Gasteiger partial charge in [-0.1, -0.05) is 19.9 Å². The quantitative estimate of drug-likeness (QED) is 0.322. The molecule has 7 heteroatoms. The molecule has 6 nitrogen and oxygen atoms in total. The van der Waals surface area contributed by atoms with Crippen LogP contribution in [-0.4, -0.2) is 37.7 Å². The van der Waals surface area contributed by atoms with Gasteiger partial charge in [0, 0.05) is 24.4 Å². The van der Waals surface area contributed by atoms with Crippen LogP contribution >= 0.6 is 11.3 Å². The van der Waals surface area contributed by atoms with E-state index in [0.29, 0.717) is 19.1 Å². The summed E-state index contributed by atoms with van der Waals surface area (Å²) >= 11 is 1.71. The lowest BCUT2D eigenvalue weighted by molar-refractivity contribution is 0.310. The summed E-state index contributed by atoms with van der Waals surface area (Å²) in [4.78, 5) is 9.31. The summed E-state index contributed by atoms with van der Waals surface area (Å²) < 4.78 is 11.0. The number of rotatable bonds is 11. The number of nitrogens with zero attached hydrogens (tertiary/aromatic N) is 2. The maximum Gasteiger partial charge on any atom is 0.191 e. The molecule has 2 N–H and O–H groups in total. The van der Waals surface area contributed by atoms with Crippen molar-refractivity contribution in [3.63, 3.8) is 0 Å². The third-order valence-electron chi connectivity index (χ3n) is 4.27. The van der Waals surface area contributed by atoms with Gasteiger partial charge in [0.2, 0.25) is 0 Å². The predicted octanol–water partition coefficient (Wildman–Crippen LogP) is 4.36. The number of nitrogens with one attached hydrogen (secondary N) is 2. The van der Waals surface area contributed by atoms with Gasteiger partial charge >= 0.3 is 0 Å². The summed E-state index contributed by atoms with van der Waals surface area (Å²) in [5.74, 6) is 2.87. The van der Waals surface area contributed by atoms with Gasteiger partial charge in [-0.3, -0.25) is 0 Å². The Balaban J connectivity index is 1.84. The molecule has 0 aliphatic rings. The highest BCUT2D eigenvalue weighted by molar-refractivity contribution is 7.09. The molecule has 0 aliphatic carbocycles. The summed E-state index contributed by atoms with van der Waals surface area (Å²) in [7, 11) is 1.66. The molecule has 1 aromatic heterocycles. The zero-order chi connectivity index (χ0) is 21.1. The molecule has 0 saturated carbocycles. The molecular weight excluding hydrogens is 384 g/mol. The fraction of sp³-hybridized carbons (Fsp3) is 0.545. The minimum Gasteiger partial charge on any atom is -0.493 e. The van der Waals surface area contributed by atoms with Crippen molar-refractivity contribution in [1.29, 1.82) is 0 Å². The van der Waals surface area contributed by atoms with E-state index >= 15 is 0 Å². The molecule has 1 aromatic carbocycles. The summed E-state index contributed by atoms with van der Waals surface area (Å²) in [5, 5.41) is 9.98. The summed E-state index contributed by atoms with van der Waals surface area (Å²) in [6.07, 6.45) is 1.96. The minimum atomic E-state index is 0.463. The van der Waals surface area contributed by atoms with E-state index in [0.717, 1.165) is 49.1 Å². The summed E-state index contributed by atoms with van der Waals surface area (Å²) in [6.45, 7) is 11.3. The molecule has 0 saturated heterocycles. The lowest BCUT2D eigenvalue weighted by atomic mass is 10.1. The highest BCUT2D eigenvalue weighted by Gasteiger charge is 2.07. The molecule has 0 unspecified atom stereocenters. The molecule has 0 aliphatic heterocycles. The number of hydrogen-bond donors (Lipinski definition) is 2. The second kappa shape index (κ2) is 12.3. The Kier molecular flexibility index (Phi) is 9.77. The molecule has 0 bridgehead atoms. The third-order valence-corrected chi connectivity index (χ3v) is 5.46. The fourth-order valence-corrected chi connectivity index (χ4v) is 3.63. The number of hydrogen-bond acceptors (Lipinski definition) is 5. The lowest BCUT2D eigenvalue weighted by Gasteiger charge is -2.12. The molecule has 1 heterocycles. The van der Waals surface area contributed by atoms with E-state index in [1.54, 1.807) is 18.4 Å². The number of aryl methyl sites for hydroxylation is 1. The maximum absolute atomic E-state index is 5.66. The van der Waals surface area contributed by atoms with Gasteiger partial charge in [0.05, 0.1) is 31.0 Å². The minimum absolute atomic E-state index is 0.463. The maximum atomic E-state index is 5.66. The van der Waals surface area contributed by atoms with Crippen LogP contribution in [0.15, 0.2) is 28.6 Å². The van der Waals surface area contributed by atoms with E-state index in [2.05, 4.69) is 58.9 Å². The smallest absolute Gasteiger partial charge is 0.191 e. The summed E-state index contributed by atoms with van der Waals surface area (Å²) in [5.41, 5.74) is 2.26. The van der Waals surface area contributed by atoms with Gasteiger partial charge in [-0.15, -0.1) is 11.3 Å². The van der Waals surface area contributed by atoms with Gasteiger partial charge in [-0.05, 0) is 44.4 Å². The Hall–Kier alpha value is -2.28. The molecule has 2 rings (SSSR count). The fourth-order valence-electron chi connectivity index (χ4n) is 2.81. The number of ether oxygens (including phenoxy) is 2. The van der Waals surface area contributed by atoms with Crippen LogP contribution < -0.4 is 20.1 Å². The first kappa shape index (κ1) is 23.0. The largest absolute Gasteiger partial charge is 0.493 e. The average Bonchev–Trinajstić information content (AvgIpc) is 3.19. The van der Waals surface area contributed by atoms with Crippen LogP contribution in [-0.2, 0) is 13.0 Å². The Morgan fingerprint density at radius 3 is 2.69 bits per heavy atom. The predicted molar refractivity (Wildman–Crippen MR) is 122 cm³/mol. The number of methoxy groups -OCH3 is 1. The number of guanidine groups is 1. The average molecular weight is 419 g/mol. The number of thiazole rings is 1. The van der Waals surface area contributed by atoms with Crippen LogP contribution in [0.5, 0.6) is 11.5 Å².